The number of halogens is 1. The Morgan fingerprint density at radius 1 is 1.55 bits per heavy atom. The molecule has 0 saturated heterocycles. The maximum Gasteiger partial charge on any atom is 0.230 e. The van der Waals surface area contributed by atoms with E-state index in [9.17, 15) is 4.79 Å². The van der Waals surface area contributed by atoms with Crippen molar-refractivity contribution in [3.8, 4) is 0 Å². The number of aryl methyl sites for hydroxylation is 1. The number of aromatic nitrogens is 2. The molecule has 1 unspecified atom stereocenters. The van der Waals surface area contributed by atoms with Crippen LogP contribution in [0.4, 0.5) is 0 Å². The van der Waals surface area contributed by atoms with Gasteiger partial charge in [-0.3, -0.25) is 9.89 Å². The number of hydrogen-bond donors (Lipinski definition) is 2. The predicted octanol–water partition coefficient (Wildman–Crippen LogP) is 3.45. The van der Waals surface area contributed by atoms with Crippen molar-refractivity contribution in [2.45, 2.75) is 24.8 Å². The Hall–Kier alpha value is -1.27. The Morgan fingerprint density at radius 2 is 2.35 bits per heavy atom. The molecule has 1 aromatic heterocycles. The molecule has 6 heteroatoms. The number of carbonyl (C=O) groups is 1. The standard InChI is InChI=1S/C14H16BrN3OS/c1-9-5-12(15)3-4-13(9)20-8-14(19)18-10(2)11-6-16-17-7-11/h3-7,10H,8H2,1-2H3,(H,16,17)(H,18,19). The zero-order valence-electron chi connectivity index (χ0n) is 11.3. The van der Waals surface area contributed by atoms with E-state index in [0.717, 1.165) is 14.9 Å². The number of nitrogens with one attached hydrogen (secondary N) is 2. The molecule has 0 saturated carbocycles. The summed E-state index contributed by atoms with van der Waals surface area (Å²) in [7, 11) is 0. The fourth-order valence-electron chi connectivity index (χ4n) is 1.78. The van der Waals surface area contributed by atoms with Crippen LogP contribution in [-0.2, 0) is 4.79 Å². The minimum Gasteiger partial charge on any atom is -0.349 e. The second kappa shape index (κ2) is 6.95. The summed E-state index contributed by atoms with van der Waals surface area (Å²) in [5.74, 6) is 0.427. The highest BCUT2D eigenvalue weighted by molar-refractivity contribution is 9.10. The molecule has 4 nitrogen and oxygen atoms in total. The second-order valence-electron chi connectivity index (χ2n) is 4.52. The van der Waals surface area contributed by atoms with Crippen LogP contribution in [0.15, 0.2) is 40.0 Å². The third kappa shape index (κ3) is 4.11. The van der Waals surface area contributed by atoms with Gasteiger partial charge in [0.1, 0.15) is 0 Å². The Kier molecular flexibility index (Phi) is 5.25. The van der Waals surface area contributed by atoms with Gasteiger partial charge in [-0.1, -0.05) is 15.9 Å². The molecular formula is C14H16BrN3OS. The fourth-order valence-corrected chi connectivity index (χ4v) is 3.08. The molecule has 1 atom stereocenters. The summed E-state index contributed by atoms with van der Waals surface area (Å²) in [6, 6.07) is 6.03. The third-order valence-electron chi connectivity index (χ3n) is 2.89. The lowest BCUT2D eigenvalue weighted by molar-refractivity contribution is -0.119. The molecule has 0 spiro atoms. The van der Waals surface area contributed by atoms with Gasteiger partial charge < -0.3 is 5.32 Å². The monoisotopic (exact) mass is 353 g/mol. The summed E-state index contributed by atoms with van der Waals surface area (Å²) in [6.07, 6.45) is 3.51. The zero-order valence-corrected chi connectivity index (χ0v) is 13.7. The lowest BCUT2D eigenvalue weighted by atomic mass is 10.2. The third-order valence-corrected chi connectivity index (χ3v) is 4.56. The number of nitrogens with zero attached hydrogens (tertiary/aromatic N) is 1. The molecule has 106 valence electrons. The predicted molar refractivity (Wildman–Crippen MR) is 84.7 cm³/mol. The number of carbonyl (C=O) groups excluding carboxylic acids is 1. The molecule has 2 N–H and O–H groups in total. The molecule has 0 aliphatic heterocycles. The quantitative estimate of drug-likeness (QED) is 0.809. The van der Waals surface area contributed by atoms with Gasteiger partial charge >= 0.3 is 0 Å². The summed E-state index contributed by atoms with van der Waals surface area (Å²) < 4.78 is 1.05. The number of rotatable bonds is 5. The van der Waals surface area contributed by atoms with Gasteiger partial charge in [-0.25, -0.2) is 0 Å². The molecule has 0 bridgehead atoms. The summed E-state index contributed by atoms with van der Waals surface area (Å²) >= 11 is 4.98. The van der Waals surface area contributed by atoms with Gasteiger partial charge in [0, 0.05) is 21.1 Å². The van der Waals surface area contributed by atoms with Crippen molar-refractivity contribution in [3.63, 3.8) is 0 Å². The van der Waals surface area contributed by atoms with Crippen molar-refractivity contribution in [3.05, 3.63) is 46.2 Å². The van der Waals surface area contributed by atoms with Crippen LogP contribution in [0.25, 0.3) is 0 Å². The highest BCUT2D eigenvalue weighted by Gasteiger charge is 2.11. The van der Waals surface area contributed by atoms with E-state index in [1.54, 1.807) is 24.2 Å². The van der Waals surface area contributed by atoms with Gasteiger partial charge in [0.2, 0.25) is 5.91 Å². The Morgan fingerprint density at radius 3 is 3.00 bits per heavy atom. The Labute approximate surface area is 130 Å². The second-order valence-corrected chi connectivity index (χ2v) is 6.45. The van der Waals surface area contributed by atoms with E-state index >= 15 is 0 Å². The van der Waals surface area contributed by atoms with E-state index < -0.39 is 0 Å². The van der Waals surface area contributed by atoms with Gasteiger partial charge in [0.05, 0.1) is 18.0 Å². The largest absolute Gasteiger partial charge is 0.349 e. The smallest absolute Gasteiger partial charge is 0.230 e. The maximum absolute atomic E-state index is 11.9. The number of benzene rings is 1. The van der Waals surface area contributed by atoms with E-state index in [4.69, 9.17) is 0 Å². The van der Waals surface area contributed by atoms with Crippen LogP contribution in [-0.4, -0.2) is 21.9 Å². The van der Waals surface area contributed by atoms with Gasteiger partial charge in [0.15, 0.2) is 0 Å². The van der Waals surface area contributed by atoms with Crippen LogP contribution in [0.3, 0.4) is 0 Å². The molecule has 1 heterocycles. The van der Waals surface area contributed by atoms with Crippen molar-refractivity contribution in [2.75, 3.05) is 5.75 Å². The Bertz CT molecular complexity index is 586. The number of amides is 1. The average Bonchev–Trinajstić information content (AvgIpc) is 2.91. The zero-order chi connectivity index (χ0) is 14.5. The van der Waals surface area contributed by atoms with Gasteiger partial charge in [-0.2, -0.15) is 5.10 Å². The topological polar surface area (TPSA) is 57.8 Å². The first-order chi connectivity index (χ1) is 9.56. The molecule has 0 radical (unpaired) electrons. The number of hydrogen-bond acceptors (Lipinski definition) is 3. The van der Waals surface area contributed by atoms with E-state index in [1.807, 2.05) is 32.0 Å². The van der Waals surface area contributed by atoms with Crippen LogP contribution in [0.2, 0.25) is 0 Å². The molecule has 1 aromatic carbocycles. The SMILES string of the molecule is Cc1cc(Br)ccc1SCC(=O)NC(C)c1cn[nH]c1. The number of thioether (sulfide) groups is 1. The Balaban J connectivity index is 1.86. The van der Waals surface area contributed by atoms with Crippen LogP contribution < -0.4 is 5.32 Å². The van der Waals surface area contributed by atoms with Crippen molar-refractivity contribution < 1.29 is 4.79 Å². The minimum absolute atomic E-state index is 0.0195. The van der Waals surface area contributed by atoms with Gasteiger partial charge in [-0.05, 0) is 37.6 Å². The first-order valence-electron chi connectivity index (χ1n) is 6.23. The first kappa shape index (κ1) is 15.1. The van der Waals surface area contributed by atoms with Crippen LogP contribution >= 0.6 is 27.7 Å². The summed E-state index contributed by atoms with van der Waals surface area (Å²) in [6.45, 7) is 3.98. The maximum atomic E-state index is 11.9. The summed E-state index contributed by atoms with van der Waals surface area (Å²) in [5, 5.41) is 9.58. The highest BCUT2D eigenvalue weighted by Crippen LogP contribution is 2.25. The summed E-state index contributed by atoms with van der Waals surface area (Å²) in [4.78, 5) is 13.1. The molecule has 1 amide bonds. The number of aromatic amines is 1. The van der Waals surface area contributed by atoms with Gasteiger partial charge in [0.25, 0.3) is 0 Å². The van der Waals surface area contributed by atoms with E-state index in [0.29, 0.717) is 5.75 Å². The lowest BCUT2D eigenvalue weighted by Gasteiger charge is -2.12. The van der Waals surface area contributed by atoms with E-state index in [-0.39, 0.29) is 11.9 Å². The van der Waals surface area contributed by atoms with Crippen molar-refractivity contribution in [1.29, 1.82) is 0 Å². The van der Waals surface area contributed by atoms with Crippen molar-refractivity contribution in [2.24, 2.45) is 0 Å². The van der Waals surface area contributed by atoms with Crippen LogP contribution in [0.1, 0.15) is 24.1 Å². The lowest BCUT2D eigenvalue weighted by Crippen LogP contribution is -2.27. The van der Waals surface area contributed by atoms with Crippen molar-refractivity contribution in [1.82, 2.24) is 15.5 Å². The number of H-pyrrole nitrogens is 1. The van der Waals surface area contributed by atoms with Crippen LogP contribution in [0, 0.1) is 6.92 Å². The van der Waals surface area contributed by atoms with E-state index in [2.05, 4.69) is 31.4 Å². The van der Waals surface area contributed by atoms with Crippen LogP contribution in [0.5, 0.6) is 0 Å². The summed E-state index contributed by atoms with van der Waals surface area (Å²) in [5.41, 5.74) is 2.14. The van der Waals surface area contributed by atoms with Crippen molar-refractivity contribution >= 4 is 33.6 Å². The molecule has 0 fully saturated rings. The normalized spacial score (nSPS) is 12.2. The minimum atomic E-state index is -0.0344. The highest BCUT2D eigenvalue weighted by atomic mass is 79.9. The molecular weight excluding hydrogens is 338 g/mol. The molecule has 0 aliphatic rings. The molecule has 2 aromatic rings. The molecule has 0 aliphatic carbocycles. The average molecular weight is 354 g/mol. The van der Waals surface area contributed by atoms with E-state index in [1.165, 1.54) is 5.56 Å². The molecule has 20 heavy (non-hydrogen) atoms. The molecule has 2 rings (SSSR count). The van der Waals surface area contributed by atoms with Gasteiger partial charge in [-0.15, -0.1) is 11.8 Å². The first-order valence-corrected chi connectivity index (χ1v) is 8.01. The fraction of sp³-hybridized carbons (Fsp3) is 0.286.